The van der Waals surface area contributed by atoms with Gasteiger partial charge in [-0.1, -0.05) is 0 Å². The van der Waals surface area contributed by atoms with Gasteiger partial charge < -0.3 is 4.98 Å². The zero-order valence-electron chi connectivity index (χ0n) is 21.3. The number of imidazole rings is 1. The Hall–Kier alpha value is -4.42. The molecule has 6 aromatic rings. The van der Waals surface area contributed by atoms with Crippen molar-refractivity contribution in [2.75, 3.05) is 13.1 Å². The third-order valence-electron chi connectivity index (χ3n) is 7.03. The maximum atomic E-state index is 13.6. The number of hydrogen-bond donors (Lipinski definition) is 2. The maximum Gasteiger partial charge on any atom is 0.261 e. The third-order valence-corrected chi connectivity index (χ3v) is 8.25. The number of rotatable bonds is 6. The number of carbonyl (C=O) groups excluding carboxylic acids is 1. The van der Waals surface area contributed by atoms with Gasteiger partial charge in [0.05, 0.1) is 40.5 Å². The first-order chi connectivity index (χ1) is 19.3. The molecule has 6 aromatic heterocycles. The Morgan fingerprint density at radius 2 is 1.98 bits per heavy atom. The Balaban J connectivity index is 1.24. The standard InChI is InChI=1S/C28H22F2N8OS/c1-15(39)23-2-3-24(40-23)19-10-32-11-22-25(19)35-27(34-22)26-18-7-20(33-12-21(18)36-37-26)17-6-16(8-31-9-17)13-38-5-4-28(29,30)14-38/h2-3,6-12H,4-5,13-14H2,1H3,(H,34,35)(H,36,37). The summed E-state index contributed by atoms with van der Waals surface area (Å²) in [6.45, 7) is 2.08. The van der Waals surface area contributed by atoms with Crippen LogP contribution in [0, 0.1) is 0 Å². The maximum absolute atomic E-state index is 13.6. The summed E-state index contributed by atoms with van der Waals surface area (Å²) in [7, 11) is 0. The molecule has 1 saturated heterocycles. The summed E-state index contributed by atoms with van der Waals surface area (Å²) in [4.78, 5) is 36.6. The van der Waals surface area contributed by atoms with Gasteiger partial charge in [0.15, 0.2) is 11.6 Å². The second-order valence-electron chi connectivity index (χ2n) is 9.97. The van der Waals surface area contributed by atoms with E-state index in [1.54, 1.807) is 42.8 Å². The molecule has 0 spiro atoms. The summed E-state index contributed by atoms with van der Waals surface area (Å²) >= 11 is 1.41. The van der Waals surface area contributed by atoms with Gasteiger partial charge >= 0.3 is 0 Å². The molecule has 200 valence electrons. The number of aromatic nitrogens is 7. The van der Waals surface area contributed by atoms with E-state index in [0.717, 1.165) is 43.5 Å². The van der Waals surface area contributed by atoms with Crippen LogP contribution in [0.15, 0.2) is 55.2 Å². The Morgan fingerprint density at radius 1 is 1.10 bits per heavy atom. The normalized spacial score (nSPS) is 15.4. The number of nitrogens with zero attached hydrogens (tertiary/aromatic N) is 6. The summed E-state index contributed by atoms with van der Waals surface area (Å²) < 4.78 is 27.3. The topological polar surface area (TPSA) is 116 Å². The Kier molecular flexibility index (Phi) is 5.75. The van der Waals surface area contributed by atoms with Crippen molar-refractivity contribution in [1.29, 1.82) is 0 Å². The molecular weight excluding hydrogens is 534 g/mol. The third kappa shape index (κ3) is 4.44. The van der Waals surface area contributed by atoms with E-state index in [1.165, 1.54) is 11.3 Å². The molecule has 0 radical (unpaired) electrons. The number of carbonyl (C=O) groups is 1. The van der Waals surface area contributed by atoms with Crippen LogP contribution in [0.1, 0.15) is 28.6 Å². The lowest BCUT2D eigenvalue weighted by molar-refractivity contribution is 0.0115. The zero-order valence-corrected chi connectivity index (χ0v) is 22.1. The summed E-state index contributed by atoms with van der Waals surface area (Å²) in [5, 5.41) is 8.35. The predicted molar refractivity (Wildman–Crippen MR) is 148 cm³/mol. The average Bonchev–Trinajstić information content (AvgIpc) is 3.73. The number of H-pyrrole nitrogens is 2. The number of alkyl halides is 2. The van der Waals surface area contributed by atoms with Crippen molar-refractivity contribution in [3.63, 3.8) is 0 Å². The summed E-state index contributed by atoms with van der Waals surface area (Å²) in [5.74, 6) is -2.05. The highest BCUT2D eigenvalue weighted by atomic mass is 32.1. The molecule has 0 aliphatic carbocycles. The van der Waals surface area contributed by atoms with Crippen LogP contribution in [0.25, 0.3) is 55.2 Å². The quantitative estimate of drug-likeness (QED) is 0.252. The van der Waals surface area contributed by atoms with Gasteiger partial charge in [0.1, 0.15) is 11.2 Å². The summed E-state index contributed by atoms with van der Waals surface area (Å²) in [6, 6.07) is 7.58. The van der Waals surface area contributed by atoms with Crippen LogP contribution in [-0.4, -0.2) is 64.8 Å². The van der Waals surface area contributed by atoms with Gasteiger partial charge in [-0.15, -0.1) is 11.3 Å². The van der Waals surface area contributed by atoms with Crippen LogP contribution in [0.3, 0.4) is 0 Å². The van der Waals surface area contributed by atoms with Crippen molar-refractivity contribution < 1.29 is 13.6 Å². The zero-order chi connectivity index (χ0) is 27.4. The number of fused-ring (bicyclic) bond motifs is 2. The van der Waals surface area contributed by atoms with Crippen LogP contribution in [0.4, 0.5) is 8.78 Å². The van der Waals surface area contributed by atoms with Gasteiger partial charge in [0.2, 0.25) is 0 Å². The summed E-state index contributed by atoms with van der Waals surface area (Å²) in [5.41, 5.74) is 6.00. The first-order valence-corrected chi connectivity index (χ1v) is 13.5. The minimum absolute atomic E-state index is 0.0184. The van der Waals surface area contributed by atoms with Gasteiger partial charge in [-0.25, -0.2) is 13.8 Å². The van der Waals surface area contributed by atoms with Gasteiger partial charge in [-0.3, -0.25) is 29.7 Å². The number of nitrogens with one attached hydrogen (secondary N) is 2. The Bertz CT molecular complexity index is 1910. The van der Waals surface area contributed by atoms with Crippen molar-refractivity contribution in [1.82, 2.24) is 40.0 Å². The number of ketones is 1. The molecule has 1 aliphatic rings. The van der Waals surface area contributed by atoms with Crippen LogP contribution >= 0.6 is 11.3 Å². The van der Waals surface area contributed by atoms with E-state index in [9.17, 15) is 13.6 Å². The van der Waals surface area contributed by atoms with Gasteiger partial charge in [-0.2, -0.15) is 5.10 Å². The molecule has 40 heavy (non-hydrogen) atoms. The lowest BCUT2D eigenvalue weighted by atomic mass is 10.1. The van der Waals surface area contributed by atoms with E-state index in [0.29, 0.717) is 35.2 Å². The first-order valence-electron chi connectivity index (χ1n) is 12.7. The summed E-state index contributed by atoms with van der Waals surface area (Å²) in [6.07, 6.45) is 8.47. The first kappa shape index (κ1) is 24.6. The van der Waals surface area contributed by atoms with E-state index in [2.05, 4.69) is 30.1 Å². The molecule has 9 nitrogen and oxygen atoms in total. The molecular formula is C28H22F2N8OS. The van der Waals surface area contributed by atoms with Crippen molar-refractivity contribution in [3.05, 3.63) is 65.7 Å². The van der Waals surface area contributed by atoms with E-state index in [-0.39, 0.29) is 18.7 Å². The average molecular weight is 557 g/mol. The van der Waals surface area contributed by atoms with Crippen LogP contribution in [0.5, 0.6) is 0 Å². The SMILES string of the molecule is CC(=O)c1ccc(-c2cncc3[nH]c(-c4n[nH]c5cnc(-c6cncc(CN7CCC(F)(F)C7)c6)cc45)nc23)s1. The molecule has 1 fully saturated rings. The lowest BCUT2D eigenvalue weighted by Crippen LogP contribution is -2.24. The van der Waals surface area contributed by atoms with Gasteiger partial charge in [0.25, 0.3) is 5.92 Å². The molecule has 0 aromatic carbocycles. The number of aromatic amines is 2. The van der Waals surface area contributed by atoms with Crippen LogP contribution < -0.4 is 0 Å². The fraction of sp³-hybridized carbons (Fsp3) is 0.214. The van der Waals surface area contributed by atoms with Crippen molar-refractivity contribution in [2.45, 2.75) is 25.8 Å². The molecule has 7 heterocycles. The second-order valence-corrected chi connectivity index (χ2v) is 11.1. The highest BCUT2D eigenvalue weighted by Gasteiger charge is 2.37. The minimum atomic E-state index is -2.63. The second kappa shape index (κ2) is 9.35. The van der Waals surface area contributed by atoms with E-state index >= 15 is 0 Å². The Morgan fingerprint density at radius 3 is 2.77 bits per heavy atom. The molecule has 0 unspecified atom stereocenters. The highest BCUT2D eigenvalue weighted by Crippen LogP contribution is 2.35. The number of thiophene rings is 1. The predicted octanol–water partition coefficient (Wildman–Crippen LogP) is 5.73. The Labute approximate surface area is 230 Å². The van der Waals surface area contributed by atoms with Crippen LogP contribution in [0.2, 0.25) is 0 Å². The van der Waals surface area contributed by atoms with Crippen molar-refractivity contribution >= 4 is 39.1 Å². The van der Waals surface area contributed by atoms with E-state index in [1.807, 2.05) is 24.3 Å². The molecule has 0 bridgehead atoms. The number of halogens is 2. The molecule has 0 atom stereocenters. The lowest BCUT2D eigenvalue weighted by Gasteiger charge is -2.15. The van der Waals surface area contributed by atoms with Gasteiger partial charge in [0, 0.05) is 59.5 Å². The van der Waals surface area contributed by atoms with E-state index < -0.39 is 5.92 Å². The van der Waals surface area contributed by atoms with Crippen LogP contribution in [-0.2, 0) is 6.54 Å². The van der Waals surface area contributed by atoms with Gasteiger partial charge in [-0.05, 0) is 36.8 Å². The molecule has 12 heteroatoms. The number of pyridine rings is 3. The monoisotopic (exact) mass is 556 g/mol. The molecule has 0 amide bonds. The fourth-order valence-electron chi connectivity index (χ4n) is 5.07. The highest BCUT2D eigenvalue weighted by molar-refractivity contribution is 7.17. The number of Topliss-reactive ketones (excluding diaryl/α,β-unsaturated/α-hetero) is 1. The number of hydrogen-bond acceptors (Lipinski definition) is 8. The molecule has 0 saturated carbocycles. The largest absolute Gasteiger partial charge is 0.335 e. The minimum Gasteiger partial charge on any atom is -0.335 e. The van der Waals surface area contributed by atoms with Crippen molar-refractivity contribution in [3.8, 4) is 33.2 Å². The molecule has 2 N–H and O–H groups in total. The number of likely N-dealkylation sites (tertiary alicyclic amines) is 1. The molecule has 7 rings (SSSR count). The fourth-order valence-corrected chi connectivity index (χ4v) is 5.98. The molecule has 1 aliphatic heterocycles. The smallest absolute Gasteiger partial charge is 0.261 e. The van der Waals surface area contributed by atoms with E-state index in [4.69, 9.17) is 4.98 Å². The van der Waals surface area contributed by atoms with Crippen molar-refractivity contribution in [2.24, 2.45) is 0 Å².